The molecule has 0 aliphatic carbocycles. The third kappa shape index (κ3) is 6.84. The topological polar surface area (TPSA) is 102 Å². The summed E-state index contributed by atoms with van der Waals surface area (Å²) in [5, 5.41) is 5.22. The Balaban J connectivity index is 1.85. The van der Waals surface area contributed by atoms with E-state index >= 15 is 0 Å². The van der Waals surface area contributed by atoms with E-state index in [1.807, 2.05) is 19.9 Å². The van der Waals surface area contributed by atoms with Crippen LogP contribution in [0.4, 0.5) is 5.69 Å². The lowest BCUT2D eigenvalue weighted by Crippen LogP contribution is -2.34. The number of hydrogen-bond donors (Lipinski definition) is 2. The van der Waals surface area contributed by atoms with Crippen molar-refractivity contribution in [2.75, 3.05) is 11.9 Å². The predicted molar refractivity (Wildman–Crippen MR) is 113 cm³/mol. The number of ketones is 1. The van der Waals surface area contributed by atoms with E-state index in [0.29, 0.717) is 23.2 Å². The number of ether oxygens (including phenoxy) is 1. The summed E-state index contributed by atoms with van der Waals surface area (Å²) >= 11 is 0. The minimum absolute atomic E-state index is 0.0911. The first kappa shape index (κ1) is 22.8. The van der Waals surface area contributed by atoms with Gasteiger partial charge in [0, 0.05) is 23.2 Å². The van der Waals surface area contributed by atoms with Crippen molar-refractivity contribution in [3.8, 4) is 0 Å². The van der Waals surface area contributed by atoms with Crippen molar-refractivity contribution >= 4 is 29.3 Å². The Morgan fingerprint density at radius 3 is 2.33 bits per heavy atom. The zero-order valence-corrected chi connectivity index (χ0v) is 17.4. The fourth-order valence-corrected chi connectivity index (χ4v) is 2.74. The van der Waals surface area contributed by atoms with Crippen molar-refractivity contribution in [2.24, 2.45) is 0 Å². The highest BCUT2D eigenvalue weighted by atomic mass is 16.5. The summed E-state index contributed by atoms with van der Waals surface area (Å²) in [6.45, 7) is 4.91. The lowest BCUT2D eigenvalue weighted by atomic mass is 10.1. The van der Waals surface area contributed by atoms with Gasteiger partial charge in [-0.2, -0.15) is 0 Å². The summed E-state index contributed by atoms with van der Waals surface area (Å²) < 4.78 is 5.13. The van der Waals surface area contributed by atoms with Crippen LogP contribution in [0.15, 0.2) is 48.5 Å². The van der Waals surface area contributed by atoms with Gasteiger partial charge in [-0.1, -0.05) is 24.6 Å². The van der Waals surface area contributed by atoms with Gasteiger partial charge in [-0.15, -0.1) is 0 Å². The van der Waals surface area contributed by atoms with Crippen LogP contribution in [0.2, 0.25) is 0 Å². The van der Waals surface area contributed by atoms with E-state index in [9.17, 15) is 19.2 Å². The minimum Gasteiger partial charge on any atom is -0.453 e. The number of esters is 1. The molecular weight excluding hydrogens is 384 g/mol. The van der Waals surface area contributed by atoms with Gasteiger partial charge in [0.05, 0.1) is 0 Å². The molecular formula is C23H26N2O5. The third-order valence-corrected chi connectivity index (χ3v) is 4.28. The molecule has 0 aliphatic rings. The van der Waals surface area contributed by atoms with E-state index in [1.165, 1.54) is 6.92 Å². The lowest BCUT2D eigenvalue weighted by Gasteiger charge is -2.13. The highest BCUT2D eigenvalue weighted by molar-refractivity contribution is 6.01. The summed E-state index contributed by atoms with van der Waals surface area (Å²) in [7, 11) is 0. The van der Waals surface area contributed by atoms with Gasteiger partial charge in [0.2, 0.25) is 11.7 Å². The smallest absolute Gasteiger partial charge is 0.326 e. The second-order valence-electron chi connectivity index (χ2n) is 6.92. The number of nitrogens with one attached hydrogen (secondary N) is 2. The normalized spacial score (nSPS) is 11.3. The molecule has 2 rings (SSSR count). The van der Waals surface area contributed by atoms with E-state index in [1.54, 1.807) is 42.5 Å². The minimum atomic E-state index is -1.01. The molecule has 1 unspecified atom stereocenters. The molecule has 0 aromatic heterocycles. The number of aryl methyl sites for hydroxylation is 1. The Hall–Kier alpha value is -3.48. The second kappa shape index (κ2) is 10.9. The first-order valence-corrected chi connectivity index (χ1v) is 9.78. The van der Waals surface area contributed by atoms with Crippen LogP contribution in [0.3, 0.4) is 0 Å². The standard InChI is InChI=1S/C23H26N2O5/c1-4-6-20(26)25-19-11-9-17(10-12-19)22(28)16(3)30-21(27)14-24-23(29)18-8-5-7-15(2)13-18/h5,7-13,16H,4,6,14H2,1-3H3,(H,24,29)(H,25,26). The Morgan fingerprint density at radius 2 is 1.70 bits per heavy atom. The fourth-order valence-electron chi connectivity index (χ4n) is 2.74. The van der Waals surface area contributed by atoms with Crippen LogP contribution in [0, 0.1) is 6.92 Å². The average Bonchev–Trinajstić information content (AvgIpc) is 2.72. The van der Waals surface area contributed by atoms with Gasteiger partial charge >= 0.3 is 5.97 Å². The zero-order chi connectivity index (χ0) is 22.1. The van der Waals surface area contributed by atoms with Crippen molar-refractivity contribution in [3.63, 3.8) is 0 Å². The Kier molecular flexibility index (Phi) is 8.29. The average molecular weight is 410 g/mol. The molecule has 0 aliphatic heterocycles. The van der Waals surface area contributed by atoms with Gasteiger partial charge in [0.15, 0.2) is 6.10 Å². The molecule has 2 amide bonds. The van der Waals surface area contributed by atoms with E-state index < -0.39 is 18.0 Å². The number of anilines is 1. The van der Waals surface area contributed by atoms with Crippen LogP contribution < -0.4 is 10.6 Å². The van der Waals surface area contributed by atoms with Crippen molar-refractivity contribution in [1.82, 2.24) is 5.32 Å². The first-order chi connectivity index (χ1) is 14.3. The van der Waals surface area contributed by atoms with Crippen molar-refractivity contribution in [2.45, 2.75) is 39.7 Å². The SMILES string of the molecule is CCCC(=O)Nc1ccc(C(=O)C(C)OC(=O)CNC(=O)c2cccc(C)c2)cc1. The number of carbonyl (C=O) groups excluding carboxylic acids is 4. The van der Waals surface area contributed by atoms with Crippen LogP contribution >= 0.6 is 0 Å². The summed E-state index contributed by atoms with van der Waals surface area (Å²) in [5.74, 6) is -1.57. The molecule has 0 bridgehead atoms. The maximum atomic E-state index is 12.5. The molecule has 2 N–H and O–H groups in total. The maximum absolute atomic E-state index is 12.5. The van der Waals surface area contributed by atoms with Gasteiger partial charge in [0.25, 0.3) is 5.91 Å². The number of amides is 2. The molecule has 1 atom stereocenters. The molecule has 0 spiro atoms. The van der Waals surface area contributed by atoms with Crippen LogP contribution in [0.1, 0.15) is 53.0 Å². The van der Waals surface area contributed by atoms with Gasteiger partial charge in [-0.3, -0.25) is 19.2 Å². The van der Waals surface area contributed by atoms with Crippen LogP contribution in [0.5, 0.6) is 0 Å². The zero-order valence-electron chi connectivity index (χ0n) is 17.4. The van der Waals surface area contributed by atoms with Crippen molar-refractivity contribution in [3.05, 3.63) is 65.2 Å². The molecule has 0 radical (unpaired) electrons. The van der Waals surface area contributed by atoms with E-state index in [0.717, 1.165) is 12.0 Å². The maximum Gasteiger partial charge on any atom is 0.326 e. The number of hydrogen-bond acceptors (Lipinski definition) is 5. The molecule has 0 saturated carbocycles. The first-order valence-electron chi connectivity index (χ1n) is 9.78. The second-order valence-corrected chi connectivity index (χ2v) is 6.92. The molecule has 30 heavy (non-hydrogen) atoms. The molecule has 2 aromatic carbocycles. The number of Topliss-reactive ketones (excluding diaryl/α,β-unsaturated/α-hetero) is 1. The molecule has 158 valence electrons. The molecule has 0 fully saturated rings. The highest BCUT2D eigenvalue weighted by Gasteiger charge is 2.20. The largest absolute Gasteiger partial charge is 0.453 e. The monoisotopic (exact) mass is 410 g/mol. The summed E-state index contributed by atoms with van der Waals surface area (Å²) in [5.41, 5.74) is 2.32. The number of rotatable bonds is 9. The van der Waals surface area contributed by atoms with Crippen molar-refractivity contribution in [1.29, 1.82) is 0 Å². The van der Waals surface area contributed by atoms with Crippen molar-refractivity contribution < 1.29 is 23.9 Å². The van der Waals surface area contributed by atoms with E-state index in [-0.39, 0.29) is 18.2 Å². The molecule has 7 nitrogen and oxygen atoms in total. The number of benzene rings is 2. The van der Waals surface area contributed by atoms with Crippen LogP contribution in [-0.4, -0.2) is 36.2 Å². The quantitative estimate of drug-likeness (QED) is 0.488. The van der Waals surface area contributed by atoms with Gasteiger partial charge in [-0.05, 0) is 56.7 Å². The predicted octanol–water partition coefficient (Wildman–Crippen LogP) is 3.28. The summed E-state index contributed by atoms with van der Waals surface area (Å²) in [4.78, 5) is 48.1. The fraction of sp³-hybridized carbons (Fsp3) is 0.304. The molecule has 0 saturated heterocycles. The molecule has 2 aromatic rings. The Morgan fingerprint density at radius 1 is 1.00 bits per heavy atom. The van der Waals surface area contributed by atoms with Gasteiger partial charge in [-0.25, -0.2) is 0 Å². The summed E-state index contributed by atoms with van der Waals surface area (Å²) in [6, 6.07) is 13.3. The van der Waals surface area contributed by atoms with E-state index in [4.69, 9.17) is 4.74 Å². The molecule has 7 heteroatoms. The highest BCUT2D eigenvalue weighted by Crippen LogP contribution is 2.13. The summed E-state index contributed by atoms with van der Waals surface area (Å²) in [6.07, 6.45) is 0.166. The molecule has 0 heterocycles. The van der Waals surface area contributed by atoms with E-state index in [2.05, 4.69) is 10.6 Å². The van der Waals surface area contributed by atoms with Crippen LogP contribution in [-0.2, 0) is 14.3 Å². The number of carbonyl (C=O) groups is 4. The van der Waals surface area contributed by atoms with Gasteiger partial charge < -0.3 is 15.4 Å². The third-order valence-electron chi connectivity index (χ3n) is 4.28. The Labute approximate surface area is 175 Å². The lowest BCUT2D eigenvalue weighted by molar-refractivity contribution is -0.145. The van der Waals surface area contributed by atoms with Gasteiger partial charge in [0.1, 0.15) is 6.54 Å². The Bertz CT molecular complexity index is 921. The van der Waals surface area contributed by atoms with Crippen LogP contribution in [0.25, 0.3) is 0 Å².